The van der Waals surface area contributed by atoms with Crippen LogP contribution in [0.4, 0.5) is 5.69 Å². The van der Waals surface area contributed by atoms with Crippen molar-refractivity contribution in [1.82, 2.24) is 4.90 Å². The van der Waals surface area contributed by atoms with Gasteiger partial charge in [-0.25, -0.2) is 8.42 Å². The zero-order valence-electron chi connectivity index (χ0n) is 16.4. The fraction of sp³-hybridized carbons (Fsp3) is 0.381. The van der Waals surface area contributed by atoms with Crippen molar-refractivity contribution < 1.29 is 22.7 Å². The van der Waals surface area contributed by atoms with Crippen molar-refractivity contribution in [3.8, 4) is 11.5 Å². The topological polar surface area (TPSA) is 76.2 Å². The molecule has 0 aromatic heterocycles. The molecule has 30 heavy (non-hydrogen) atoms. The summed E-state index contributed by atoms with van der Waals surface area (Å²) in [6.07, 6.45) is 2.92. The van der Waals surface area contributed by atoms with Crippen molar-refractivity contribution in [2.45, 2.75) is 24.2 Å². The van der Waals surface area contributed by atoms with Crippen LogP contribution in [0.3, 0.4) is 0 Å². The molecule has 7 nitrogen and oxygen atoms in total. The maximum atomic E-state index is 13.6. The van der Waals surface area contributed by atoms with E-state index in [0.29, 0.717) is 37.8 Å². The highest BCUT2D eigenvalue weighted by Gasteiger charge is 2.31. The first-order valence-corrected chi connectivity index (χ1v) is 11.7. The molecule has 0 unspecified atom stereocenters. The van der Waals surface area contributed by atoms with Crippen molar-refractivity contribution in [3.63, 3.8) is 0 Å². The summed E-state index contributed by atoms with van der Waals surface area (Å²) in [4.78, 5) is 14.7. The minimum absolute atomic E-state index is 0.0121. The van der Waals surface area contributed by atoms with Gasteiger partial charge in [0.15, 0.2) is 11.5 Å². The Hall–Kier alpha value is -2.45. The normalized spacial score (nSPS) is 16.2. The van der Waals surface area contributed by atoms with Crippen LogP contribution in [0.5, 0.6) is 11.5 Å². The Bertz CT molecular complexity index is 1040. The molecule has 0 radical (unpaired) electrons. The van der Waals surface area contributed by atoms with Gasteiger partial charge in [0.25, 0.3) is 10.0 Å². The Morgan fingerprint density at radius 3 is 2.43 bits per heavy atom. The molecular weight excluding hydrogens is 428 g/mol. The van der Waals surface area contributed by atoms with E-state index in [1.165, 1.54) is 12.1 Å². The molecule has 2 aliphatic rings. The maximum absolute atomic E-state index is 13.6. The minimum Gasteiger partial charge on any atom is -0.486 e. The van der Waals surface area contributed by atoms with Gasteiger partial charge in [0, 0.05) is 19.2 Å². The quantitative estimate of drug-likeness (QED) is 0.698. The predicted molar refractivity (Wildman–Crippen MR) is 114 cm³/mol. The number of anilines is 1. The van der Waals surface area contributed by atoms with Crippen LogP contribution < -0.4 is 13.8 Å². The van der Waals surface area contributed by atoms with E-state index in [1.807, 2.05) is 0 Å². The number of carbonyl (C=O) groups is 1. The number of ether oxygens (including phenoxy) is 2. The summed E-state index contributed by atoms with van der Waals surface area (Å²) in [5.41, 5.74) is 0.263. The van der Waals surface area contributed by atoms with Crippen LogP contribution in [-0.2, 0) is 14.8 Å². The van der Waals surface area contributed by atoms with Crippen molar-refractivity contribution in [2.24, 2.45) is 0 Å². The Balaban J connectivity index is 1.71. The highest BCUT2D eigenvalue weighted by atomic mass is 35.5. The summed E-state index contributed by atoms with van der Waals surface area (Å²) < 4.78 is 39.3. The number of amides is 1. The molecule has 0 bridgehead atoms. The molecule has 0 N–H and O–H groups in total. The number of piperidine rings is 1. The molecule has 9 heteroatoms. The monoisotopic (exact) mass is 450 g/mol. The molecule has 160 valence electrons. The van der Waals surface area contributed by atoms with Gasteiger partial charge in [-0.3, -0.25) is 9.10 Å². The van der Waals surface area contributed by atoms with Crippen molar-refractivity contribution in [3.05, 3.63) is 47.5 Å². The second kappa shape index (κ2) is 8.73. The molecule has 1 saturated heterocycles. The molecule has 4 rings (SSSR count). The van der Waals surface area contributed by atoms with E-state index in [2.05, 4.69) is 0 Å². The smallest absolute Gasteiger partial charge is 0.264 e. The van der Waals surface area contributed by atoms with Crippen LogP contribution in [0.15, 0.2) is 47.4 Å². The summed E-state index contributed by atoms with van der Waals surface area (Å²) >= 11 is 6.32. The Morgan fingerprint density at radius 1 is 1.00 bits per heavy atom. The number of carbonyl (C=O) groups excluding carboxylic acids is 1. The van der Waals surface area contributed by atoms with Gasteiger partial charge < -0.3 is 14.4 Å². The first-order valence-electron chi connectivity index (χ1n) is 9.91. The zero-order valence-corrected chi connectivity index (χ0v) is 18.0. The number of para-hydroxylation sites is 1. The molecular formula is C21H23ClN2O5S. The lowest BCUT2D eigenvalue weighted by atomic mass is 10.1. The average Bonchev–Trinajstić information content (AvgIpc) is 2.78. The summed E-state index contributed by atoms with van der Waals surface area (Å²) in [6, 6.07) is 11.1. The molecule has 2 aliphatic heterocycles. The molecule has 2 aromatic carbocycles. The largest absolute Gasteiger partial charge is 0.486 e. The first-order chi connectivity index (χ1) is 14.5. The summed E-state index contributed by atoms with van der Waals surface area (Å²) in [7, 11) is -4.08. The molecule has 2 aromatic rings. The molecule has 0 atom stereocenters. The van der Waals surface area contributed by atoms with Gasteiger partial charge in [-0.1, -0.05) is 23.7 Å². The SMILES string of the molecule is O=C(CN(c1ccccc1Cl)S(=O)(=O)c1ccc2c(c1)OCCO2)N1CCCCC1. The second-order valence-electron chi connectivity index (χ2n) is 7.21. The Kier molecular flexibility index (Phi) is 6.06. The van der Waals surface area contributed by atoms with Crippen LogP contribution in [0, 0.1) is 0 Å². The van der Waals surface area contributed by atoms with Gasteiger partial charge in [-0.15, -0.1) is 0 Å². The van der Waals surface area contributed by atoms with Gasteiger partial charge in [-0.05, 0) is 43.5 Å². The summed E-state index contributed by atoms with van der Waals surface area (Å²) in [6.45, 7) is 1.71. The summed E-state index contributed by atoms with van der Waals surface area (Å²) in [5.74, 6) is 0.619. The number of likely N-dealkylation sites (tertiary alicyclic amines) is 1. The molecule has 0 spiro atoms. The highest BCUT2D eigenvalue weighted by Crippen LogP contribution is 2.35. The number of halogens is 1. The Labute approximate surface area is 181 Å². The van der Waals surface area contributed by atoms with Crippen LogP contribution >= 0.6 is 11.6 Å². The number of rotatable bonds is 5. The van der Waals surface area contributed by atoms with Crippen LogP contribution in [0.1, 0.15) is 19.3 Å². The van der Waals surface area contributed by atoms with E-state index in [-0.39, 0.29) is 28.1 Å². The molecule has 0 aliphatic carbocycles. The van der Waals surface area contributed by atoms with Gasteiger partial charge in [0.1, 0.15) is 19.8 Å². The van der Waals surface area contributed by atoms with Gasteiger partial charge in [0.05, 0.1) is 15.6 Å². The number of hydrogen-bond donors (Lipinski definition) is 0. The van der Waals surface area contributed by atoms with Crippen molar-refractivity contribution in [2.75, 3.05) is 37.2 Å². The van der Waals surface area contributed by atoms with E-state index in [4.69, 9.17) is 21.1 Å². The zero-order chi connectivity index (χ0) is 21.1. The average molecular weight is 451 g/mol. The second-order valence-corrected chi connectivity index (χ2v) is 9.48. The highest BCUT2D eigenvalue weighted by molar-refractivity contribution is 7.92. The van der Waals surface area contributed by atoms with Crippen LogP contribution in [-0.4, -0.2) is 52.1 Å². The number of sulfonamides is 1. The van der Waals surface area contributed by atoms with Gasteiger partial charge in [-0.2, -0.15) is 0 Å². The minimum atomic E-state index is -4.08. The van der Waals surface area contributed by atoms with Gasteiger partial charge >= 0.3 is 0 Å². The standard InChI is InChI=1S/C21H23ClN2O5S/c22-17-6-2-3-7-18(17)24(15-21(25)23-10-4-1-5-11-23)30(26,27)16-8-9-19-20(14-16)29-13-12-28-19/h2-3,6-9,14H,1,4-5,10-13,15H2. The lowest BCUT2D eigenvalue weighted by Crippen LogP contribution is -2.45. The fourth-order valence-corrected chi connectivity index (χ4v) is 5.37. The summed E-state index contributed by atoms with van der Waals surface area (Å²) in [5, 5.41) is 0.255. The number of hydrogen-bond acceptors (Lipinski definition) is 5. The number of nitrogens with zero attached hydrogens (tertiary/aromatic N) is 2. The Morgan fingerprint density at radius 2 is 1.70 bits per heavy atom. The van der Waals surface area contributed by atoms with E-state index < -0.39 is 10.0 Å². The predicted octanol–water partition coefficient (Wildman–Crippen LogP) is 3.32. The molecule has 1 fully saturated rings. The van der Waals surface area contributed by atoms with E-state index >= 15 is 0 Å². The molecule has 2 heterocycles. The molecule has 0 saturated carbocycles. The number of fused-ring (bicyclic) bond motifs is 1. The van der Waals surface area contributed by atoms with E-state index in [1.54, 1.807) is 35.2 Å². The van der Waals surface area contributed by atoms with Crippen molar-refractivity contribution in [1.29, 1.82) is 0 Å². The third-order valence-electron chi connectivity index (χ3n) is 5.21. The maximum Gasteiger partial charge on any atom is 0.264 e. The van der Waals surface area contributed by atoms with Gasteiger partial charge in [0.2, 0.25) is 5.91 Å². The van der Waals surface area contributed by atoms with E-state index in [0.717, 1.165) is 23.6 Å². The lowest BCUT2D eigenvalue weighted by molar-refractivity contribution is -0.130. The fourth-order valence-electron chi connectivity index (χ4n) is 3.63. The first kappa shape index (κ1) is 20.8. The molecule has 1 amide bonds. The lowest BCUT2D eigenvalue weighted by Gasteiger charge is -2.31. The number of benzene rings is 2. The third-order valence-corrected chi connectivity index (χ3v) is 7.29. The van der Waals surface area contributed by atoms with Crippen LogP contribution in [0.25, 0.3) is 0 Å². The van der Waals surface area contributed by atoms with Crippen molar-refractivity contribution >= 4 is 33.2 Å². The van der Waals surface area contributed by atoms with Crippen LogP contribution in [0.2, 0.25) is 5.02 Å². The third kappa shape index (κ3) is 4.20. The van der Waals surface area contributed by atoms with E-state index in [9.17, 15) is 13.2 Å².